The molecule has 0 radical (unpaired) electrons. The lowest BCUT2D eigenvalue weighted by atomic mass is 10.0. The molecule has 0 aliphatic carbocycles. The summed E-state index contributed by atoms with van der Waals surface area (Å²) in [4.78, 5) is 29.9. The van der Waals surface area contributed by atoms with Gasteiger partial charge in [-0.2, -0.15) is 0 Å². The molecular formula is C37H42FN3O6S. The van der Waals surface area contributed by atoms with Gasteiger partial charge in [0, 0.05) is 30.1 Å². The number of nitrogens with zero attached hydrogens (tertiary/aromatic N) is 2. The Kier molecular flexibility index (Phi) is 11.5. The normalized spacial score (nSPS) is 12.1. The van der Waals surface area contributed by atoms with E-state index in [1.165, 1.54) is 55.5 Å². The maximum atomic E-state index is 15.2. The van der Waals surface area contributed by atoms with Crippen LogP contribution in [-0.4, -0.2) is 57.5 Å². The molecule has 1 unspecified atom stereocenters. The van der Waals surface area contributed by atoms with Crippen LogP contribution in [0, 0.1) is 12.7 Å². The number of hydrogen-bond acceptors (Lipinski definition) is 6. The van der Waals surface area contributed by atoms with E-state index in [9.17, 15) is 18.0 Å². The number of benzene rings is 4. The minimum absolute atomic E-state index is 0.0513. The highest BCUT2D eigenvalue weighted by Gasteiger charge is 2.37. The number of methoxy groups -OCH3 is 2. The third-order valence-corrected chi connectivity index (χ3v) is 9.38. The van der Waals surface area contributed by atoms with Crippen LogP contribution >= 0.6 is 0 Å². The molecule has 0 saturated heterocycles. The summed E-state index contributed by atoms with van der Waals surface area (Å²) >= 11 is 0. The number of carbonyl (C=O) groups is 2. The van der Waals surface area contributed by atoms with Gasteiger partial charge in [0.05, 0.1) is 24.8 Å². The SMILES string of the molecule is COc1ccc(OC)c(N(CC(=O)N(Cc2ccccc2F)C(Cc2ccccc2)C(=O)NC(C)(C)C)S(=O)(=O)c2ccc(C)cc2)c1. The first-order valence-electron chi connectivity index (χ1n) is 15.4. The van der Waals surface area contributed by atoms with Gasteiger partial charge in [-0.1, -0.05) is 66.2 Å². The first-order valence-corrected chi connectivity index (χ1v) is 16.9. The van der Waals surface area contributed by atoms with Crippen molar-refractivity contribution in [2.24, 2.45) is 0 Å². The smallest absolute Gasteiger partial charge is 0.264 e. The molecule has 2 amide bonds. The molecule has 4 rings (SSSR count). The predicted octanol–water partition coefficient (Wildman–Crippen LogP) is 5.90. The molecule has 1 atom stereocenters. The summed E-state index contributed by atoms with van der Waals surface area (Å²) in [6, 6.07) is 24.8. The van der Waals surface area contributed by atoms with Crippen molar-refractivity contribution in [3.8, 4) is 11.5 Å². The van der Waals surface area contributed by atoms with Crippen LogP contribution in [0.5, 0.6) is 11.5 Å². The van der Waals surface area contributed by atoms with Gasteiger partial charge in [-0.25, -0.2) is 12.8 Å². The second kappa shape index (κ2) is 15.3. The zero-order valence-electron chi connectivity index (χ0n) is 28.1. The van der Waals surface area contributed by atoms with Gasteiger partial charge in [-0.15, -0.1) is 0 Å². The van der Waals surface area contributed by atoms with Crippen LogP contribution in [0.3, 0.4) is 0 Å². The van der Waals surface area contributed by atoms with E-state index in [-0.39, 0.29) is 34.9 Å². The molecule has 11 heteroatoms. The first kappa shape index (κ1) is 35.9. The van der Waals surface area contributed by atoms with Crippen molar-refractivity contribution in [3.63, 3.8) is 0 Å². The van der Waals surface area contributed by atoms with Crippen molar-refractivity contribution in [1.29, 1.82) is 0 Å². The molecule has 4 aromatic rings. The molecule has 0 aromatic heterocycles. The van der Waals surface area contributed by atoms with Crippen molar-refractivity contribution in [2.45, 2.75) is 57.1 Å². The molecule has 0 saturated carbocycles. The van der Waals surface area contributed by atoms with Crippen LogP contribution in [0.1, 0.15) is 37.5 Å². The van der Waals surface area contributed by atoms with E-state index in [4.69, 9.17) is 9.47 Å². The highest BCUT2D eigenvalue weighted by molar-refractivity contribution is 7.92. The monoisotopic (exact) mass is 675 g/mol. The topological polar surface area (TPSA) is 105 Å². The highest BCUT2D eigenvalue weighted by Crippen LogP contribution is 2.36. The van der Waals surface area contributed by atoms with Crippen LogP contribution in [0.2, 0.25) is 0 Å². The maximum Gasteiger partial charge on any atom is 0.264 e. The average Bonchev–Trinajstić information content (AvgIpc) is 3.05. The third kappa shape index (κ3) is 8.92. The minimum Gasteiger partial charge on any atom is -0.497 e. The number of halogens is 1. The molecule has 48 heavy (non-hydrogen) atoms. The summed E-state index contributed by atoms with van der Waals surface area (Å²) in [6.07, 6.45) is 0.0934. The lowest BCUT2D eigenvalue weighted by molar-refractivity contribution is -0.140. The van der Waals surface area contributed by atoms with Gasteiger partial charge >= 0.3 is 0 Å². The molecule has 0 bridgehead atoms. The number of carbonyl (C=O) groups excluding carboxylic acids is 2. The summed E-state index contributed by atoms with van der Waals surface area (Å²) in [5.41, 5.74) is 1.17. The Morgan fingerprint density at radius 1 is 0.875 bits per heavy atom. The van der Waals surface area contributed by atoms with Crippen LogP contribution in [0.15, 0.2) is 102 Å². The Morgan fingerprint density at radius 2 is 1.52 bits per heavy atom. The maximum absolute atomic E-state index is 15.2. The van der Waals surface area contributed by atoms with Crippen LogP contribution in [0.4, 0.5) is 10.1 Å². The number of nitrogens with one attached hydrogen (secondary N) is 1. The van der Waals surface area contributed by atoms with Gasteiger partial charge in [0.2, 0.25) is 11.8 Å². The van der Waals surface area contributed by atoms with E-state index in [1.807, 2.05) is 58.0 Å². The second-order valence-electron chi connectivity index (χ2n) is 12.4. The summed E-state index contributed by atoms with van der Waals surface area (Å²) in [5, 5.41) is 2.96. The fourth-order valence-electron chi connectivity index (χ4n) is 5.16. The van der Waals surface area contributed by atoms with E-state index >= 15 is 4.39 Å². The van der Waals surface area contributed by atoms with Crippen molar-refractivity contribution in [3.05, 3.63) is 120 Å². The van der Waals surface area contributed by atoms with Gasteiger partial charge in [-0.05, 0) is 63.6 Å². The Morgan fingerprint density at radius 3 is 2.12 bits per heavy atom. The summed E-state index contributed by atoms with van der Waals surface area (Å²) in [5.74, 6) is -1.27. The molecule has 0 fully saturated rings. The Balaban J connectivity index is 1.89. The summed E-state index contributed by atoms with van der Waals surface area (Å²) in [7, 11) is -1.57. The number of aryl methyl sites for hydroxylation is 1. The molecule has 0 aliphatic rings. The standard InChI is InChI=1S/C37H42FN3O6S/c1-26-16-19-30(20-17-26)48(44,45)41(32-23-29(46-5)18-21-34(32)47-6)25-35(42)40(24-28-14-10-11-15-31(28)38)33(36(43)39-37(2,3)4)22-27-12-8-7-9-13-27/h7-21,23,33H,22,24-25H2,1-6H3,(H,39,43). The molecule has 9 nitrogen and oxygen atoms in total. The van der Waals surface area contributed by atoms with E-state index in [0.717, 1.165) is 15.4 Å². The minimum atomic E-state index is -4.40. The van der Waals surface area contributed by atoms with Gasteiger partial charge < -0.3 is 19.7 Å². The Labute approximate surface area is 282 Å². The quantitative estimate of drug-likeness (QED) is 0.189. The predicted molar refractivity (Wildman–Crippen MR) is 184 cm³/mol. The Hall–Kier alpha value is -4.90. The zero-order valence-corrected chi connectivity index (χ0v) is 28.9. The second-order valence-corrected chi connectivity index (χ2v) is 14.3. The van der Waals surface area contributed by atoms with E-state index in [1.54, 1.807) is 30.3 Å². The van der Waals surface area contributed by atoms with E-state index in [2.05, 4.69) is 5.32 Å². The van der Waals surface area contributed by atoms with Gasteiger partial charge in [0.15, 0.2) is 0 Å². The third-order valence-electron chi connectivity index (χ3n) is 7.61. The van der Waals surface area contributed by atoms with Crippen LogP contribution in [-0.2, 0) is 32.6 Å². The van der Waals surface area contributed by atoms with Gasteiger partial charge in [0.25, 0.3) is 10.0 Å². The summed E-state index contributed by atoms with van der Waals surface area (Å²) in [6.45, 7) is 6.25. The van der Waals surface area contributed by atoms with E-state index < -0.39 is 45.8 Å². The molecule has 254 valence electrons. The molecule has 0 heterocycles. The fraction of sp³-hybridized carbons (Fsp3) is 0.297. The van der Waals surface area contributed by atoms with Gasteiger partial charge in [0.1, 0.15) is 29.9 Å². The fourth-order valence-corrected chi connectivity index (χ4v) is 6.58. The molecule has 1 N–H and O–H groups in total. The molecular weight excluding hydrogens is 633 g/mol. The number of rotatable bonds is 13. The number of ether oxygens (including phenoxy) is 2. The van der Waals surface area contributed by atoms with Gasteiger partial charge in [-0.3, -0.25) is 13.9 Å². The number of hydrogen-bond donors (Lipinski definition) is 1. The number of amides is 2. The first-order chi connectivity index (χ1) is 22.7. The zero-order chi connectivity index (χ0) is 35.1. The lowest BCUT2D eigenvalue weighted by Gasteiger charge is -2.35. The molecule has 4 aromatic carbocycles. The Bertz CT molecular complexity index is 1830. The average molecular weight is 676 g/mol. The van der Waals surface area contributed by atoms with Crippen LogP contribution < -0.4 is 19.1 Å². The van der Waals surface area contributed by atoms with Crippen molar-refractivity contribution in [2.75, 3.05) is 25.1 Å². The molecule has 0 spiro atoms. The molecule has 0 aliphatic heterocycles. The largest absolute Gasteiger partial charge is 0.497 e. The lowest BCUT2D eigenvalue weighted by Crippen LogP contribution is -2.56. The van der Waals surface area contributed by atoms with Crippen LogP contribution in [0.25, 0.3) is 0 Å². The van der Waals surface area contributed by atoms with Crippen molar-refractivity contribution >= 4 is 27.5 Å². The van der Waals surface area contributed by atoms with E-state index in [0.29, 0.717) is 5.75 Å². The highest BCUT2D eigenvalue weighted by atomic mass is 32.2. The number of anilines is 1. The summed E-state index contributed by atoms with van der Waals surface area (Å²) < 4.78 is 55.8. The van der Waals surface area contributed by atoms with Crippen molar-refractivity contribution in [1.82, 2.24) is 10.2 Å². The van der Waals surface area contributed by atoms with Crippen molar-refractivity contribution < 1.29 is 31.9 Å². The number of sulfonamides is 1.